The molecule has 2 N–H and O–H groups in total. The summed E-state index contributed by atoms with van der Waals surface area (Å²) in [6, 6.07) is 7.43. The van der Waals surface area contributed by atoms with Crippen LogP contribution in [0.4, 0.5) is 4.79 Å². The van der Waals surface area contributed by atoms with E-state index in [4.69, 9.17) is 9.63 Å². The SMILES string of the molecule is Cc1cccc(-c2noc([C@H](C)NC(=O)N3CCN(CCCCO)CC3)n2)c1. The van der Waals surface area contributed by atoms with E-state index in [9.17, 15) is 4.79 Å². The molecule has 1 aliphatic rings. The first-order valence-corrected chi connectivity index (χ1v) is 9.86. The highest BCUT2D eigenvalue weighted by atomic mass is 16.5. The average molecular weight is 387 g/mol. The van der Waals surface area contributed by atoms with Crippen LogP contribution in [0.15, 0.2) is 28.8 Å². The maximum Gasteiger partial charge on any atom is 0.318 e. The van der Waals surface area contributed by atoms with Gasteiger partial charge in [0.15, 0.2) is 0 Å². The van der Waals surface area contributed by atoms with Crippen LogP contribution < -0.4 is 5.32 Å². The van der Waals surface area contributed by atoms with Gasteiger partial charge in [0, 0.05) is 38.3 Å². The fraction of sp³-hybridized carbons (Fsp3) is 0.550. The lowest BCUT2D eigenvalue weighted by Gasteiger charge is -2.35. The Bertz CT molecular complexity index is 771. The van der Waals surface area contributed by atoms with Crippen molar-refractivity contribution in [2.45, 2.75) is 32.7 Å². The maximum absolute atomic E-state index is 12.5. The number of nitrogens with one attached hydrogen (secondary N) is 1. The Balaban J connectivity index is 1.50. The molecule has 2 aromatic rings. The topological polar surface area (TPSA) is 94.7 Å². The lowest BCUT2D eigenvalue weighted by Crippen LogP contribution is -2.52. The number of urea groups is 1. The number of aromatic nitrogens is 2. The summed E-state index contributed by atoms with van der Waals surface area (Å²) in [7, 11) is 0. The number of nitrogens with zero attached hydrogens (tertiary/aromatic N) is 4. The predicted molar refractivity (Wildman–Crippen MR) is 106 cm³/mol. The van der Waals surface area contributed by atoms with Crippen LogP contribution in [0.5, 0.6) is 0 Å². The fourth-order valence-electron chi connectivity index (χ4n) is 3.27. The highest BCUT2D eigenvalue weighted by Gasteiger charge is 2.24. The third kappa shape index (κ3) is 5.30. The van der Waals surface area contributed by atoms with Gasteiger partial charge in [-0.25, -0.2) is 4.79 Å². The molecule has 0 spiro atoms. The molecular formula is C20H29N5O3. The van der Waals surface area contributed by atoms with E-state index in [2.05, 4.69) is 20.4 Å². The molecule has 8 heteroatoms. The molecule has 1 aromatic carbocycles. The normalized spacial score (nSPS) is 16.2. The lowest BCUT2D eigenvalue weighted by molar-refractivity contribution is 0.133. The fourth-order valence-corrected chi connectivity index (χ4v) is 3.27. The van der Waals surface area contributed by atoms with Crippen molar-refractivity contribution in [1.82, 2.24) is 25.3 Å². The summed E-state index contributed by atoms with van der Waals surface area (Å²) >= 11 is 0. The number of carbonyl (C=O) groups excluding carboxylic acids is 1. The Hall–Kier alpha value is -2.45. The van der Waals surface area contributed by atoms with E-state index in [1.54, 1.807) is 0 Å². The number of carbonyl (C=O) groups is 1. The number of aryl methyl sites for hydroxylation is 1. The first-order chi connectivity index (χ1) is 13.6. The molecule has 1 saturated heterocycles. The first kappa shape index (κ1) is 20.3. The molecule has 0 unspecified atom stereocenters. The van der Waals surface area contributed by atoms with Crippen molar-refractivity contribution in [3.05, 3.63) is 35.7 Å². The standard InChI is InChI=1S/C20H29N5O3/c1-15-6-5-7-17(14-15)18-22-19(28-23-18)16(2)21-20(27)25-11-9-24(10-12-25)8-3-4-13-26/h5-7,14,16,26H,3-4,8-13H2,1-2H3,(H,21,27)/t16-/m0/s1. The van der Waals surface area contributed by atoms with Crippen molar-refractivity contribution in [3.63, 3.8) is 0 Å². The zero-order valence-electron chi connectivity index (χ0n) is 16.6. The highest BCUT2D eigenvalue weighted by molar-refractivity contribution is 5.74. The van der Waals surface area contributed by atoms with E-state index in [-0.39, 0.29) is 18.7 Å². The van der Waals surface area contributed by atoms with Crippen LogP contribution in [-0.2, 0) is 0 Å². The Labute approximate surface area is 165 Å². The Kier molecular flexibility index (Phi) is 7.00. The zero-order chi connectivity index (χ0) is 19.9. The summed E-state index contributed by atoms with van der Waals surface area (Å²) in [5.74, 6) is 0.920. The van der Waals surface area contributed by atoms with Crippen molar-refractivity contribution in [1.29, 1.82) is 0 Å². The molecule has 3 rings (SSSR count). The first-order valence-electron chi connectivity index (χ1n) is 9.86. The summed E-state index contributed by atoms with van der Waals surface area (Å²) in [5.41, 5.74) is 2.02. The van der Waals surface area contributed by atoms with Gasteiger partial charge in [0.25, 0.3) is 0 Å². The average Bonchev–Trinajstić information content (AvgIpc) is 3.19. The van der Waals surface area contributed by atoms with E-state index < -0.39 is 0 Å². The Morgan fingerprint density at radius 1 is 1.29 bits per heavy atom. The molecule has 1 aliphatic heterocycles. The molecule has 28 heavy (non-hydrogen) atoms. The van der Waals surface area contributed by atoms with Crippen molar-refractivity contribution in [2.24, 2.45) is 0 Å². The lowest BCUT2D eigenvalue weighted by atomic mass is 10.1. The van der Waals surface area contributed by atoms with Crippen LogP contribution in [0.1, 0.15) is 37.3 Å². The molecule has 0 radical (unpaired) electrons. The smallest absolute Gasteiger partial charge is 0.318 e. The third-order valence-electron chi connectivity index (χ3n) is 4.97. The third-order valence-corrected chi connectivity index (χ3v) is 4.97. The molecule has 2 amide bonds. The van der Waals surface area contributed by atoms with Gasteiger partial charge in [-0.15, -0.1) is 0 Å². The summed E-state index contributed by atoms with van der Waals surface area (Å²) in [4.78, 5) is 21.1. The van der Waals surface area contributed by atoms with Crippen molar-refractivity contribution < 1.29 is 14.4 Å². The molecule has 8 nitrogen and oxygen atoms in total. The van der Waals surface area contributed by atoms with Gasteiger partial charge in [0.05, 0.1) is 0 Å². The molecule has 2 heterocycles. The van der Waals surface area contributed by atoms with Crippen molar-refractivity contribution in [3.8, 4) is 11.4 Å². The molecular weight excluding hydrogens is 358 g/mol. The molecule has 0 saturated carbocycles. The van der Waals surface area contributed by atoms with E-state index in [1.165, 1.54) is 0 Å². The Morgan fingerprint density at radius 3 is 2.79 bits per heavy atom. The van der Waals surface area contributed by atoms with Crippen LogP contribution in [0.2, 0.25) is 0 Å². The highest BCUT2D eigenvalue weighted by Crippen LogP contribution is 2.19. The number of piperazine rings is 1. The van der Waals surface area contributed by atoms with Crippen molar-refractivity contribution in [2.75, 3.05) is 39.3 Å². The van der Waals surface area contributed by atoms with Gasteiger partial charge in [0.2, 0.25) is 11.7 Å². The second-order valence-corrected chi connectivity index (χ2v) is 7.26. The van der Waals surface area contributed by atoms with Crippen LogP contribution in [0, 0.1) is 6.92 Å². The quantitative estimate of drug-likeness (QED) is 0.708. The molecule has 0 aliphatic carbocycles. The van der Waals surface area contributed by atoms with Gasteiger partial charge in [-0.3, -0.25) is 4.90 Å². The van der Waals surface area contributed by atoms with E-state index in [1.807, 2.05) is 43.0 Å². The number of aliphatic hydroxyl groups excluding tert-OH is 1. The van der Waals surface area contributed by atoms with Crippen LogP contribution in [0.25, 0.3) is 11.4 Å². The molecule has 152 valence electrons. The molecule has 0 bridgehead atoms. The van der Waals surface area contributed by atoms with Gasteiger partial charge >= 0.3 is 6.03 Å². The minimum Gasteiger partial charge on any atom is -0.396 e. The van der Waals surface area contributed by atoms with Gasteiger partial charge < -0.3 is 19.8 Å². The van der Waals surface area contributed by atoms with Gasteiger partial charge in [-0.1, -0.05) is 28.9 Å². The van der Waals surface area contributed by atoms with E-state index >= 15 is 0 Å². The second kappa shape index (κ2) is 9.66. The monoisotopic (exact) mass is 387 g/mol. The van der Waals surface area contributed by atoms with Crippen LogP contribution in [-0.4, -0.2) is 70.4 Å². The van der Waals surface area contributed by atoms with Gasteiger partial charge in [-0.2, -0.15) is 4.98 Å². The summed E-state index contributed by atoms with van der Waals surface area (Å²) in [6.07, 6.45) is 1.81. The minimum atomic E-state index is -0.360. The van der Waals surface area contributed by atoms with Crippen LogP contribution >= 0.6 is 0 Å². The van der Waals surface area contributed by atoms with Gasteiger partial charge in [0.1, 0.15) is 6.04 Å². The van der Waals surface area contributed by atoms with Gasteiger partial charge in [-0.05, 0) is 39.3 Å². The second-order valence-electron chi connectivity index (χ2n) is 7.26. The van der Waals surface area contributed by atoms with Crippen LogP contribution in [0.3, 0.4) is 0 Å². The van der Waals surface area contributed by atoms with E-state index in [0.717, 1.165) is 43.6 Å². The van der Waals surface area contributed by atoms with Crippen molar-refractivity contribution >= 4 is 6.03 Å². The molecule has 1 fully saturated rings. The minimum absolute atomic E-state index is 0.113. The number of benzene rings is 1. The number of rotatable bonds is 7. The number of amides is 2. The number of hydrogen-bond donors (Lipinski definition) is 2. The largest absolute Gasteiger partial charge is 0.396 e. The summed E-state index contributed by atoms with van der Waals surface area (Å²) in [5, 5.41) is 15.9. The maximum atomic E-state index is 12.5. The Morgan fingerprint density at radius 2 is 2.07 bits per heavy atom. The molecule has 1 atom stereocenters. The predicted octanol–water partition coefficient (Wildman–Crippen LogP) is 2.21. The number of unbranched alkanes of at least 4 members (excludes halogenated alkanes) is 1. The molecule has 1 aromatic heterocycles. The number of aliphatic hydroxyl groups is 1. The van der Waals surface area contributed by atoms with E-state index in [0.29, 0.717) is 24.8 Å². The number of hydrogen-bond acceptors (Lipinski definition) is 6. The summed E-state index contributed by atoms with van der Waals surface area (Å²) < 4.78 is 5.36. The summed E-state index contributed by atoms with van der Waals surface area (Å²) in [6.45, 7) is 8.15. The zero-order valence-corrected chi connectivity index (χ0v) is 16.6.